The molecule has 0 saturated heterocycles. The molecule has 0 aliphatic rings. The van der Waals surface area contributed by atoms with Crippen molar-refractivity contribution in [3.05, 3.63) is 85.1 Å². The predicted octanol–water partition coefficient (Wildman–Crippen LogP) is 21.4. The number of phosphoric acid groups is 1. The fraction of sp³-hybridized carbons (Fsp3) is 0.768. The third-order valence-corrected chi connectivity index (χ3v) is 15.3. The summed E-state index contributed by atoms with van der Waals surface area (Å²) in [5.74, 6) is -0.813. The van der Waals surface area contributed by atoms with E-state index < -0.39 is 26.5 Å². The number of allylic oxidation sites excluding steroid dienone is 14. The number of carbonyl (C=O) groups excluding carboxylic acids is 2. The van der Waals surface area contributed by atoms with Crippen LogP contribution >= 0.6 is 7.82 Å². The molecule has 0 aromatic rings. The normalized spacial score (nSPS) is 13.5. The number of esters is 2. The molecule has 0 fully saturated rings. The molecule has 2 atom stereocenters. The second-order valence-electron chi connectivity index (χ2n) is 22.0. The van der Waals surface area contributed by atoms with Crippen LogP contribution in [0.3, 0.4) is 0 Å². The zero-order valence-electron chi connectivity index (χ0n) is 51.3. The molecule has 0 saturated carbocycles. The molecular weight excluding hydrogens is 1000 g/mol. The number of carbonyl (C=O) groups is 2. The van der Waals surface area contributed by atoms with E-state index >= 15 is 0 Å². The molecule has 0 aliphatic carbocycles. The smallest absolute Gasteiger partial charge is 0.462 e. The third kappa shape index (κ3) is 64.2. The Kier molecular flexibility index (Phi) is 62.1. The number of ether oxygens (including phenoxy) is 2. The lowest BCUT2D eigenvalue weighted by atomic mass is 10.0. The highest BCUT2D eigenvalue weighted by atomic mass is 31.2. The molecule has 0 amide bonds. The minimum Gasteiger partial charge on any atom is -0.462 e. The van der Waals surface area contributed by atoms with Crippen molar-refractivity contribution in [2.24, 2.45) is 5.73 Å². The van der Waals surface area contributed by atoms with Crippen molar-refractivity contribution in [1.82, 2.24) is 0 Å². The summed E-state index contributed by atoms with van der Waals surface area (Å²) in [6.07, 6.45) is 85.2. The third-order valence-electron chi connectivity index (χ3n) is 14.3. The molecular formula is C69H124NO8P. The highest BCUT2D eigenvalue weighted by molar-refractivity contribution is 7.47. The predicted molar refractivity (Wildman–Crippen MR) is 339 cm³/mol. The first kappa shape index (κ1) is 76.2. The van der Waals surface area contributed by atoms with E-state index in [9.17, 15) is 19.0 Å². The minimum absolute atomic E-state index is 0.0536. The van der Waals surface area contributed by atoms with Crippen molar-refractivity contribution < 1.29 is 37.6 Å². The van der Waals surface area contributed by atoms with Crippen molar-refractivity contribution in [1.29, 1.82) is 0 Å². The second kappa shape index (κ2) is 64.4. The molecule has 458 valence electrons. The number of hydrogen-bond donors (Lipinski definition) is 2. The summed E-state index contributed by atoms with van der Waals surface area (Å²) in [5, 5.41) is 0. The van der Waals surface area contributed by atoms with E-state index in [4.69, 9.17) is 24.3 Å². The maximum Gasteiger partial charge on any atom is 0.472 e. The molecule has 0 spiro atoms. The molecule has 9 nitrogen and oxygen atoms in total. The summed E-state index contributed by atoms with van der Waals surface area (Å²) >= 11 is 0. The van der Waals surface area contributed by atoms with Gasteiger partial charge in [0.05, 0.1) is 13.2 Å². The summed E-state index contributed by atoms with van der Waals surface area (Å²) in [6, 6.07) is 0. The highest BCUT2D eigenvalue weighted by Gasteiger charge is 2.26. The number of hydrogen-bond acceptors (Lipinski definition) is 8. The minimum atomic E-state index is -4.39. The summed E-state index contributed by atoms with van der Waals surface area (Å²) in [5.41, 5.74) is 5.39. The van der Waals surface area contributed by atoms with Gasteiger partial charge in [0, 0.05) is 19.4 Å². The average molecular weight is 1130 g/mol. The monoisotopic (exact) mass is 1130 g/mol. The zero-order valence-corrected chi connectivity index (χ0v) is 52.2. The van der Waals surface area contributed by atoms with Gasteiger partial charge in [-0.3, -0.25) is 18.6 Å². The molecule has 2 unspecified atom stereocenters. The van der Waals surface area contributed by atoms with Crippen molar-refractivity contribution >= 4 is 19.8 Å². The van der Waals surface area contributed by atoms with Gasteiger partial charge in [-0.05, 0) is 70.6 Å². The van der Waals surface area contributed by atoms with Crippen LogP contribution in [0.5, 0.6) is 0 Å². The zero-order chi connectivity index (χ0) is 57.3. The van der Waals surface area contributed by atoms with E-state index in [1.807, 2.05) is 0 Å². The Morgan fingerprint density at radius 1 is 0.392 bits per heavy atom. The molecule has 0 heterocycles. The van der Waals surface area contributed by atoms with Gasteiger partial charge in [-0.1, -0.05) is 311 Å². The van der Waals surface area contributed by atoms with Gasteiger partial charge in [-0.25, -0.2) is 4.57 Å². The summed E-state index contributed by atoms with van der Waals surface area (Å²) in [6.45, 7) is 3.67. The number of nitrogens with two attached hydrogens (primary N) is 1. The molecule has 10 heteroatoms. The summed E-state index contributed by atoms with van der Waals surface area (Å²) in [4.78, 5) is 35.3. The topological polar surface area (TPSA) is 134 Å². The lowest BCUT2D eigenvalue weighted by molar-refractivity contribution is -0.161. The van der Waals surface area contributed by atoms with Crippen LogP contribution in [-0.4, -0.2) is 49.3 Å². The number of phosphoric ester groups is 1. The van der Waals surface area contributed by atoms with Crippen LogP contribution in [0.4, 0.5) is 0 Å². The van der Waals surface area contributed by atoms with Crippen LogP contribution in [0.2, 0.25) is 0 Å². The van der Waals surface area contributed by atoms with Crippen LogP contribution in [0.25, 0.3) is 0 Å². The van der Waals surface area contributed by atoms with Crippen molar-refractivity contribution in [3.63, 3.8) is 0 Å². The van der Waals surface area contributed by atoms with Crippen molar-refractivity contribution in [2.45, 2.75) is 315 Å². The molecule has 0 aromatic heterocycles. The van der Waals surface area contributed by atoms with Crippen LogP contribution in [0, 0.1) is 0 Å². The Hall–Kier alpha value is -2.81. The fourth-order valence-electron chi connectivity index (χ4n) is 9.44. The van der Waals surface area contributed by atoms with Gasteiger partial charge >= 0.3 is 19.8 Å². The Labute approximate surface area is 487 Å². The van der Waals surface area contributed by atoms with E-state index in [1.54, 1.807) is 0 Å². The van der Waals surface area contributed by atoms with E-state index in [-0.39, 0.29) is 38.6 Å². The van der Waals surface area contributed by atoms with E-state index in [0.717, 1.165) is 83.5 Å². The van der Waals surface area contributed by atoms with E-state index in [1.165, 1.54) is 193 Å². The maximum atomic E-state index is 12.7. The van der Waals surface area contributed by atoms with Crippen LogP contribution < -0.4 is 5.73 Å². The van der Waals surface area contributed by atoms with E-state index in [0.29, 0.717) is 6.42 Å². The first-order valence-electron chi connectivity index (χ1n) is 33.1. The molecule has 0 bridgehead atoms. The van der Waals surface area contributed by atoms with Crippen molar-refractivity contribution in [3.8, 4) is 0 Å². The number of unbranched alkanes of at least 4 members (excludes halogenated alkanes) is 35. The van der Waals surface area contributed by atoms with Gasteiger partial charge in [0.15, 0.2) is 6.10 Å². The summed E-state index contributed by atoms with van der Waals surface area (Å²) in [7, 11) is -4.39. The van der Waals surface area contributed by atoms with Crippen molar-refractivity contribution in [2.75, 3.05) is 26.4 Å². The second-order valence-corrected chi connectivity index (χ2v) is 23.4. The first-order valence-corrected chi connectivity index (χ1v) is 34.6. The molecule has 0 aromatic carbocycles. The van der Waals surface area contributed by atoms with Crippen LogP contribution in [-0.2, 0) is 32.7 Å². The standard InChI is InChI=1S/C69H124NO8P/c1-3-5-7-9-11-13-15-17-19-21-23-24-25-26-27-28-29-30-31-32-33-34-35-36-37-38-39-40-41-42-44-46-48-50-52-54-56-58-60-62-69(72)78-67(66-77-79(73,74)76-64-63-70)65-75-68(71)61-59-57-55-53-51-49-47-45-43-22-20-18-16-14-12-10-8-6-4-2/h5,7,11,13,17,19,23-24,26-27,29-30,32-33,67H,3-4,6,8-10,12,14-16,18,20-22,25,28,31,34-66,70H2,1-2H3,(H,73,74)/b7-5-,13-11-,19-17-,24-23-,27-26-,30-29-,33-32-. The lowest BCUT2D eigenvalue weighted by Gasteiger charge is -2.19. The maximum absolute atomic E-state index is 12.7. The fourth-order valence-corrected chi connectivity index (χ4v) is 10.2. The van der Waals surface area contributed by atoms with Gasteiger partial charge in [-0.15, -0.1) is 0 Å². The van der Waals surface area contributed by atoms with E-state index in [2.05, 4.69) is 98.9 Å². The van der Waals surface area contributed by atoms with Gasteiger partial charge in [0.1, 0.15) is 6.61 Å². The van der Waals surface area contributed by atoms with Crippen LogP contribution in [0.15, 0.2) is 85.1 Å². The van der Waals surface area contributed by atoms with Gasteiger partial charge in [0.2, 0.25) is 0 Å². The Balaban J connectivity index is 3.85. The van der Waals surface area contributed by atoms with Gasteiger partial charge in [-0.2, -0.15) is 0 Å². The quantitative estimate of drug-likeness (QED) is 0.0264. The van der Waals surface area contributed by atoms with Gasteiger partial charge < -0.3 is 20.1 Å². The van der Waals surface area contributed by atoms with Crippen LogP contribution in [0.1, 0.15) is 309 Å². The number of rotatable bonds is 62. The van der Waals surface area contributed by atoms with Gasteiger partial charge in [0.25, 0.3) is 0 Å². The Morgan fingerprint density at radius 3 is 1.04 bits per heavy atom. The largest absolute Gasteiger partial charge is 0.472 e. The summed E-state index contributed by atoms with van der Waals surface area (Å²) < 4.78 is 33.1. The molecule has 79 heavy (non-hydrogen) atoms. The Morgan fingerprint density at radius 2 is 0.696 bits per heavy atom. The first-order chi connectivity index (χ1) is 38.8. The lowest BCUT2D eigenvalue weighted by Crippen LogP contribution is -2.29. The highest BCUT2D eigenvalue weighted by Crippen LogP contribution is 2.43. The molecule has 0 radical (unpaired) electrons. The average Bonchev–Trinajstić information content (AvgIpc) is 3.44. The SMILES string of the molecule is CC/C=C\C/C=C\C/C=C\C/C=C\C/C=C\C/C=C\C/C=C\CCCCCCCCCCCCCCCCCCCC(=O)OC(COC(=O)CCCCCCCCCCCCCCCCCCCCC)COP(=O)(O)OCCN. The molecule has 0 aliphatic heterocycles. The Bertz CT molecular complexity index is 1570. The molecule has 0 rings (SSSR count). The molecule has 3 N–H and O–H groups in total.